The molecule has 0 aromatic rings. The van der Waals surface area contributed by atoms with Gasteiger partial charge < -0.3 is 18.9 Å². The van der Waals surface area contributed by atoms with Crippen LogP contribution in [-0.4, -0.2) is 45.8 Å². The number of cyclic esters (lactones) is 1. The maximum atomic E-state index is 11.4. The molecule has 0 spiro atoms. The van der Waals surface area contributed by atoms with Gasteiger partial charge in [0, 0.05) is 27.8 Å². The Morgan fingerprint density at radius 3 is 2.38 bits per heavy atom. The molecule has 0 N–H and O–H groups in total. The summed E-state index contributed by atoms with van der Waals surface area (Å²) in [6, 6.07) is 0. The average Bonchev–Trinajstić information content (AvgIpc) is 2.18. The molecule has 1 aliphatic rings. The van der Waals surface area contributed by atoms with E-state index < -0.39 is 17.9 Å². The van der Waals surface area contributed by atoms with E-state index in [1.54, 1.807) is 0 Å². The third kappa shape index (κ3) is 1.54. The molecule has 5 nitrogen and oxygen atoms in total. The van der Waals surface area contributed by atoms with Gasteiger partial charge in [-0.15, -0.1) is 0 Å². The van der Waals surface area contributed by atoms with Crippen LogP contribution in [0.3, 0.4) is 0 Å². The first kappa shape index (κ1) is 10.4. The Bertz CT molecular complexity index is 187. The fourth-order valence-corrected chi connectivity index (χ4v) is 1.47. The van der Waals surface area contributed by atoms with Crippen LogP contribution < -0.4 is 0 Å². The summed E-state index contributed by atoms with van der Waals surface area (Å²) in [4.78, 5) is 11.4. The van der Waals surface area contributed by atoms with Crippen molar-refractivity contribution in [2.24, 2.45) is 0 Å². The lowest BCUT2D eigenvalue weighted by atomic mass is 10.0. The second kappa shape index (κ2) is 4.04. The predicted octanol–water partition coefficient (Wildman–Crippen LogP) is -0.0626. The van der Waals surface area contributed by atoms with Gasteiger partial charge in [-0.3, -0.25) is 0 Å². The minimum absolute atomic E-state index is 0.339. The minimum Gasteiger partial charge on any atom is -0.462 e. The molecule has 1 fully saturated rings. The summed E-state index contributed by atoms with van der Waals surface area (Å²) in [5.74, 6) is -1.93. The molecule has 0 aliphatic carbocycles. The number of methoxy groups -OCH3 is 3. The summed E-state index contributed by atoms with van der Waals surface area (Å²) in [5, 5.41) is 0. The minimum atomic E-state index is -1.40. The van der Waals surface area contributed by atoms with Crippen LogP contribution in [0.5, 0.6) is 0 Å². The zero-order chi connectivity index (χ0) is 9.90. The van der Waals surface area contributed by atoms with Crippen LogP contribution in [0.2, 0.25) is 0 Å². The molecule has 0 aromatic heterocycles. The topological polar surface area (TPSA) is 54.0 Å². The molecule has 0 radical (unpaired) electrons. The Balaban J connectivity index is 2.88. The normalized spacial score (nSPS) is 27.0. The largest absolute Gasteiger partial charge is 0.462 e. The van der Waals surface area contributed by atoms with E-state index in [1.807, 2.05) is 0 Å². The number of carbonyl (C=O) groups excluding carboxylic acids is 1. The zero-order valence-electron chi connectivity index (χ0n) is 8.03. The van der Waals surface area contributed by atoms with E-state index >= 15 is 0 Å². The van der Waals surface area contributed by atoms with E-state index in [0.717, 1.165) is 0 Å². The Kier molecular flexibility index (Phi) is 3.24. The van der Waals surface area contributed by atoms with Gasteiger partial charge in [0.05, 0.1) is 6.61 Å². The number of hydrogen-bond acceptors (Lipinski definition) is 5. The quantitative estimate of drug-likeness (QED) is 0.461. The second-order valence-corrected chi connectivity index (χ2v) is 2.72. The number of rotatable bonds is 3. The fourth-order valence-electron chi connectivity index (χ4n) is 1.47. The van der Waals surface area contributed by atoms with Crippen LogP contribution in [0, 0.1) is 0 Å². The van der Waals surface area contributed by atoms with E-state index in [0.29, 0.717) is 13.0 Å². The van der Waals surface area contributed by atoms with Crippen molar-refractivity contribution >= 4 is 5.97 Å². The van der Waals surface area contributed by atoms with Crippen molar-refractivity contribution in [1.29, 1.82) is 0 Å². The van der Waals surface area contributed by atoms with Gasteiger partial charge in [-0.2, -0.15) is 0 Å². The highest BCUT2D eigenvalue weighted by Gasteiger charge is 2.51. The van der Waals surface area contributed by atoms with Crippen LogP contribution in [0.15, 0.2) is 0 Å². The van der Waals surface area contributed by atoms with E-state index in [9.17, 15) is 4.79 Å². The molecule has 0 bridgehead atoms. The molecule has 1 heterocycles. The summed E-state index contributed by atoms with van der Waals surface area (Å²) >= 11 is 0. The second-order valence-electron chi connectivity index (χ2n) is 2.72. The maximum Gasteiger partial charge on any atom is 0.369 e. The summed E-state index contributed by atoms with van der Waals surface area (Å²) in [5.41, 5.74) is 0. The van der Waals surface area contributed by atoms with Gasteiger partial charge in [-0.05, 0) is 0 Å². The van der Waals surface area contributed by atoms with Crippen molar-refractivity contribution in [3.63, 3.8) is 0 Å². The zero-order valence-corrected chi connectivity index (χ0v) is 8.03. The lowest BCUT2D eigenvalue weighted by Crippen LogP contribution is -2.57. The Hall–Kier alpha value is -0.650. The number of carbonyl (C=O) groups is 1. The molecule has 0 aromatic carbocycles. The molecular weight excluding hydrogens is 176 g/mol. The smallest absolute Gasteiger partial charge is 0.369 e. The van der Waals surface area contributed by atoms with Crippen LogP contribution >= 0.6 is 0 Å². The Morgan fingerprint density at radius 1 is 1.38 bits per heavy atom. The molecule has 1 rings (SSSR count). The molecule has 0 amide bonds. The van der Waals surface area contributed by atoms with Crippen LogP contribution in [0.1, 0.15) is 6.42 Å². The Labute approximate surface area is 76.9 Å². The van der Waals surface area contributed by atoms with Crippen molar-refractivity contribution in [2.75, 3.05) is 27.9 Å². The first-order valence-electron chi connectivity index (χ1n) is 4.01. The lowest BCUT2D eigenvalue weighted by molar-refractivity contribution is -0.281. The SMILES string of the molecule is COC1CCOC(=O)C1(OC)OC. The highest BCUT2D eigenvalue weighted by Crippen LogP contribution is 2.27. The highest BCUT2D eigenvalue weighted by atomic mass is 16.7. The van der Waals surface area contributed by atoms with Gasteiger partial charge in [0.15, 0.2) is 0 Å². The van der Waals surface area contributed by atoms with Crippen molar-refractivity contribution in [1.82, 2.24) is 0 Å². The number of ether oxygens (including phenoxy) is 4. The third-order valence-electron chi connectivity index (χ3n) is 2.21. The van der Waals surface area contributed by atoms with Crippen LogP contribution in [0.4, 0.5) is 0 Å². The Morgan fingerprint density at radius 2 is 2.00 bits per heavy atom. The standard InChI is InChI=1S/C8H14O5/c1-10-6-4-5-13-7(9)8(6,11-2)12-3/h6H,4-5H2,1-3H3. The van der Waals surface area contributed by atoms with Crippen LogP contribution in [-0.2, 0) is 23.7 Å². The summed E-state index contributed by atoms with van der Waals surface area (Å²) in [6.07, 6.45) is 0.160. The van der Waals surface area contributed by atoms with Gasteiger partial charge in [-0.25, -0.2) is 4.79 Å². The van der Waals surface area contributed by atoms with Crippen molar-refractivity contribution in [2.45, 2.75) is 18.3 Å². The van der Waals surface area contributed by atoms with E-state index in [2.05, 4.69) is 0 Å². The summed E-state index contributed by atoms with van der Waals surface area (Å²) < 4.78 is 20.0. The van der Waals surface area contributed by atoms with Crippen LogP contribution in [0.25, 0.3) is 0 Å². The van der Waals surface area contributed by atoms with Crippen molar-refractivity contribution in [3.8, 4) is 0 Å². The van der Waals surface area contributed by atoms with Gasteiger partial charge in [-0.1, -0.05) is 0 Å². The third-order valence-corrected chi connectivity index (χ3v) is 2.21. The van der Waals surface area contributed by atoms with E-state index in [-0.39, 0.29) is 0 Å². The number of hydrogen-bond donors (Lipinski definition) is 0. The fraction of sp³-hybridized carbons (Fsp3) is 0.875. The molecule has 1 saturated heterocycles. The summed E-state index contributed by atoms with van der Waals surface area (Å²) in [6.45, 7) is 0.339. The molecule has 1 unspecified atom stereocenters. The first-order chi connectivity index (χ1) is 6.21. The summed E-state index contributed by atoms with van der Waals surface area (Å²) in [7, 11) is 4.29. The molecular formula is C8H14O5. The predicted molar refractivity (Wildman–Crippen MR) is 43.1 cm³/mol. The van der Waals surface area contributed by atoms with E-state index in [1.165, 1.54) is 21.3 Å². The number of esters is 1. The van der Waals surface area contributed by atoms with Gasteiger partial charge in [0.2, 0.25) is 0 Å². The molecule has 1 atom stereocenters. The van der Waals surface area contributed by atoms with Gasteiger partial charge >= 0.3 is 5.97 Å². The van der Waals surface area contributed by atoms with Crippen molar-refractivity contribution in [3.05, 3.63) is 0 Å². The maximum absolute atomic E-state index is 11.4. The lowest BCUT2D eigenvalue weighted by Gasteiger charge is -2.37. The van der Waals surface area contributed by atoms with Crippen molar-refractivity contribution < 1.29 is 23.7 Å². The van der Waals surface area contributed by atoms with Gasteiger partial charge in [0.1, 0.15) is 6.10 Å². The monoisotopic (exact) mass is 190 g/mol. The molecule has 0 saturated carbocycles. The first-order valence-corrected chi connectivity index (χ1v) is 4.01. The molecule has 1 aliphatic heterocycles. The molecule has 76 valence electrons. The molecule has 5 heteroatoms. The van der Waals surface area contributed by atoms with Gasteiger partial charge in [0.25, 0.3) is 5.79 Å². The highest BCUT2D eigenvalue weighted by molar-refractivity contribution is 5.79. The van der Waals surface area contributed by atoms with E-state index in [4.69, 9.17) is 18.9 Å². The molecule has 13 heavy (non-hydrogen) atoms. The average molecular weight is 190 g/mol.